The Morgan fingerprint density at radius 1 is 1.32 bits per heavy atom. The number of guanidine groups is 1. The van der Waals surface area contributed by atoms with E-state index >= 15 is 0 Å². The quantitative estimate of drug-likeness (QED) is 0.273. The largest absolute Gasteiger partial charge is 0.370 e. The van der Waals surface area contributed by atoms with E-state index in [0.717, 1.165) is 44.9 Å². The lowest BCUT2D eigenvalue weighted by atomic mass is 10.00. The van der Waals surface area contributed by atoms with Gasteiger partial charge in [0.2, 0.25) is 5.91 Å². The van der Waals surface area contributed by atoms with Gasteiger partial charge in [-0.05, 0) is 44.2 Å². The van der Waals surface area contributed by atoms with Crippen molar-refractivity contribution in [1.82, 2.24) is 15.5 Å². The Balaban J connectivity index is 0.00000280. The number of aliphatic imine (C=N–C) groups is 1. The average Bonchev–Trinajstić information content (AvgIpc) is 3.46. The fourth-order valence-electron chi connectivity index (χ4n) is 3.53. The SMILES string of the molecule is CN=C(NCCCC(=O)NC1CC1)N1CCOC(c2ccc(C)cc2C)C1.I. The number of nitrogens with one attached hydrogen (secondary N) is 2. The van der Waals surface area contributed by atoms with Crippen LogP contribution in [0.25, 0.3) is 0 Å². The number of carbonyl (C=O) groups is 1. The Bertz CT molecular complexity index is 691. The monoisotopic (exact) mass is 500 g/mol. The molecule has 1 saturated heterocycles. The highest BCUT2D eigenvalue weighted by Gasteiger charge is 2.25. The molecule has 1 aromatic rings. The summed E-state index contributed by atoms with van der Waals surface area (Å²) in [4.78, 5) is 18.4. The van der Waals surface area contributed by atoms with Crippen molar-refractivity contribution in [3.63, 3.8) is 0 Å². The predicted octanol–water partition coefficient (Wildman–Crippen LogP) is 2.93. The molecule has 156 valence electrons. The highest BCUT2D eigenvalue weighted by atomic mass is 127. The Kier molecular flexibility index (Phi) is 9.01. The predicted molar refractivity (Wildman–Crippen MR) is 123 cm³/mol. The highest BCUT2D eigenvalue weighted by molar-refractivity contribution is 14.0. The van der Waals surface area contributed by atoms with Crippen LogP contribution in [-0.2, 0) is 9.53 Å². The van der Waals surface area contributed by atoms with E-state index in [9.17, 15) is 4.79 Å². The van der Waals surface area contributed by atoms with Crippen molar-refractivity contribution in [1.29, 1.82) is 0 Å². The summed E-state index contributed by atoms with van der Waals surface area (Å²) in [5.41, 5.74) is 3.79. The Hall–Kier alpha value is -1.35. The number of benzene rings is 1. The summed E-state index contributed by atoms with van der Waals surface area (Å²) in [6, 6.07) is 6.96. The second-order valence-corrected chi connectivity index (χ2v) is 7.58. The van der Waals surface area contributed by atoms with Gasteiger partial charge in [0, 0.05) is 32.6 Å². The van der Waals surface area contributed by atoms with Gasteiger partial charge in [-0.25, -0.2) is 0 Å². The highest BCUT2D eigenvalue weighted by Crippen LogP contribution is 2.26. The van der Waals surface area contributed by atoms with Crippen LogP contribution in [0.4, 0.5) is 0 Å². The van der Waals surface area contributed by atoms with Gasteiger partial charge in [-0.1, -0.05) is 23.8 Å². The standard InChI is InChI=1S/C21H32N4O2.HI/c1-15-6-9-18(16(2)13-15)19-14-25(11-12-27-19)21(22-3)23-10-4-5-20(26)24-17-7-8-17;/h6,9,13,17,19H,4-5,7-8,10-12,14H2,1-3H3,(H,22,23)(H,24,26);1H. The zero-order valence-corrected chi connectivity index (χ0v) is 19.5. The second-order valence-electron chi connectivity index (χ2n) is 7.58. The maximum absolute atomic E-state index is 11.8. The van der Waals surface area contributed by atoms with Crippen molar-refractivity contribution in [3.8, 4) is 0 Å². The normalized spacial score (nSPS) is 19.8. The summed E-state index contributed by atoms with van der Waals surface area (Å²) in [7, 11) is 1.81. The molecular weight excluding hydrogens is 467 g/mol. The molecule has 2 fully saturated rings. The third kappa shape index (κ3) is 6.62. The smallest absolute Gasteiger partial charge is 0.220 e. The van der Waals surface area contributed by atoms with Crippen molar-refractivity contribution in [2.75, 3.05) is 33.3 Å². The Morgan fingerprint density at radius 2 is 2.11 bits per heavy atom. The van der Waals surface area contributed by atoms with E-state index in [1.807, 2.05) is 7.05 Å². The average molecular weight is 500 g/mol. The van der Waals surface area contributed by atoms with Crippen molar-refractivity contribution in [3.05, 3.63) is 34.9 Å². The van der Waals surface area contributed by atoms with E-state index in [2.05, 4.69) is 52.6 Å². The van der Waals surface area contributed by atoms with Crippen molar-refractivity contribution in [2.45, 2.75) is 51.7 Å². The molecular formula is C21H33IN4O2. The number of hydrogen-bond donors (Lipinski definition) is 2. The van der Waals surface area contributed by atoms with Crippen LogP contribution in [-0.4, -0.2) is 56.1 Å². The molecule has 1 unspecified atom stereocenters. The number of amides is 1. The molecule has 1 amide bonds. The number of morpholine rings is 1. The molecule has 1 heterocycles. The molecule has 6 nitrogen and oxygen atoms in total. The fraction of sp³-hybridized carbons (Fsp3) is 0.619. The minimum atomic E-state index is 0. The molecule has 0 spiro atoms. The fourth-order valence-corrected chi connectivity index (χ4v) is 3.53. The summed E-state index contributed by atoms with van der Waals surface area (Å²) in [5, 5.41) is 6.43. The molecule has 7 heteroatoms. The topological polar surface area (TPSA) is 66.0 Å². The van der Waals surface area contributed by atoms with Gasteiger partial charge < -0.3 is 20.3 Å². The van der Waals surface area contributed by atoms with E-state index < -0.39 is 0 Å². The van der Waals surface area contributed by atoms with Gasteiger partial charge in [0.15, 0.2) is 5.96 Å². The van der Waals surface area contributed by atoms with Gasteiger partial charge in [-0.3, -0.25) is 9.79 Å². The third-order valence-corrected chi connectivity index (χ3v) is 5.16. The number of aryl methyl sites for hydroxylation is 2. The first-order valence-electron chi connectivity index (χ1n) is 10.0. The lowest BCUT2D eigenvalue weighted by Crippen LogP contribution is -2.48. The number of ether oxygens (including phenoxy) is 1. The van der Waals surface area contributed by atoms with Crippen molar-refractivity contribution in [2.24, 2.45) is 4.99 Å². The maximum atomic E-state index is 11.8. The summed E-state index contributed by atoms with van der Waals surface area (Å²) in [5.74, 6) is 1.05. The number of carbonyl (C=O) groups excluding carboxylic acids is 1. The third-order valence-electron chi connectivity index (χ3n) is 5.16. The molecule has 1 aliphatic heterocycles. The number of nitrogens with zero attached hydrogens (tertiary/aromatic N) is 2. The van der Waals surface area contributed by atoms with Crippen LogP contribution >= 0.6 is 24.0 Å². The van der Waals surface area contributed by atoms with E-state index in [-0.39, 0.29) is 36.0 Å². The van der Waals surface area contributed by atoms with E-state index in [0.29, 0.717) is 19.1 Å². The number of halogens is 1. The molecule has 2 aliphatic rings. The summed E-state index contributed by atoms with van der Waals surface area (Å²) in [6.45, 7) is 7.29. The minimum Gasteiger partial charge on any atom is -0.370 e. The van der Waals surface area contributed by atoms with Crippen LogP contribution in [0.5, 0.6) is 0 Å². The van der Waals surface area contributed by atoms with E-state index in [1.165, 1.54) is 16.7 Å². The van der Waals surface area contributed by atoms with Gasteiger partial charge >= 0.3 is 0 Å². The second kappa shape index (κ2) is 11.0. The van der Waals surface area contributed by atoms with E-state index in [1.54, 1.807) is 0 Å². The number of rotatable bonds is 6. The lowest BCUT2D eigenvalue weighted by Gasteiger charge is -2.35. The van der Waals surface area contributed by atoms with Gasteiger partial charge in [0.1, 0.15) is 6.10 Å². The van der Waals surface area contributed by atoms with Crippen LogP contribution in [0.15, 0.2) is 23.2 Å². The molecule has 28 heavy (non-hydrogen) atoms. The Morgan fingerprint density at radius 3 is 2.79 bits per heavy atom. The number of hydrogen-bond acceptors (Lipinski definition) is 3. The molecule has 1 aromatic carbocycles. The lowest BCUT2D eigenvalue weighted by molar-refractivity contribution is -0.121. The zero-order valence-electron chi connectivity index (χ0n) is 17.2. The minimum absolute atomic E-state index is 0. The molecule has 0 bridgehead atoms. The Labute approximate surface area is 185 Å². The van der Waals surface area contributed by atoms with Crippen LogP contribution in [0.3, 0.4) is 0 Å². The van der Waals surface area contributed by atoms with Crippen LogP contribution in [0, 0.1) is 13.8 Å². The first kappa shape index (κ1) is 22.9. The van der Waals surface area contributed by atoms with Crippen LogP contribution in [0.1, 0.15) is 48.5 Å². The molecule has 1 atom stereocenters. The summed E-state index contributed by atoms with van der Waals surface area (Å²) < 4.78 is 6.03. The first-order valence-corrected chi connectivity index (χ1v) is 10.0. The molecule has 3 rings (SSSR count). The van der Waals surface area contributed by atoms with Gasteiger partial charge in [-0.15, -0.1) is 24.0 Å². The first-order chi connectivity index (χ1) is 13.1. The molecule has 2 N–H and O–H groups in total. The van der Waals surface area contributed by atoms with Crippen molar-refractivity contribution < 1.29 is 9.53 Å². The van der Waals surface area contributed by atoms with Crippen molar-refractivity contribution >= 4 is 35.8 Å². The molecule has 1 aliphatic carbocycles. The summed E-state index contributed by atoms with van der Waals surface area (Å²) in [6.07, 6.45) is 3.70. The van der Waals surface area contributed by atoms with Gasteiger partial charge in [0.05, 0.1) is 13.2 Å². The van der Waals surface area contributed by atoms with Crippen LogP contribution < -0.4 is 10.6 Å². The zero-order chi connectivity index (χ0) is 19.2. The molecule has 0 aromatic heterocycles. The summed E-state index contributed by atoms with van der Waals surface area (Å²) >= 11 is 0. The van der Waals surface area contributed by atoms with Gasteiger partial charge in [-0.2, -0.15) is 0 Å². The maximum Gasteiger partial charge on any atom is 0.220 e. The van der Waals surface area contributed by atoms with E-state index in [4.69, 9.17) is 4.74 Å². The molecule has 1 saturated carbocycles. The molecule has 0 radical (unpaired) electrons. The van der Waals surface area contributed by atoms with Crippen LogP contribution in [0.2, 0.25) is 0 Å². The van der Waals surface area contributed by atoms with Gasteiger partial charge in [0.25, 0.3) is 0 Å².